The first-order valence-corrected chi connectivity index (χ1v) is 12.5. The standard InChI is InChI=1S/C29H34O5/c1-17(30)22-11-12-23-20-10-9-18-15-19(31)13-14-28(18,2)26(20)25(16-29(22,23)3)34-27(32)21-7-5-6-8-24(21)33-4/h5-10,15,20,22-23,25-26H,11-14,16H2,1-4H3/t20-,22+,23-,25-,26-,28+,29+/m0/s1. The Morgan fingerprint density at radius 3 is 2.62 bits per heavy atom. The molecular formula is C29H34O5. The number of para-hydroxylation sites is 1. The first kappa shape index (κ1) is 23.1. The molecule has 0 N–H and O–H groups in total. The molecule has 5 rings (SSSR count). The number of fused-ring (bicyclic) bond motifs is 5. The SMILES string of the molecule is COc1ccccc1C(=O)O[C@H]1C[C@]2(C)[C@@H](C(C)=O)CC[C@H]2[C@@H]2C=CC3=CC(=O)CC[C@@]3(C)[C@@H]21. The van der Waals surface area contributed by atoms with E-state index in [9.17, 15) is 14.4 Å². The van der Waals surface area contributed by atoms with E-state index < -0.39 is 5.97 Å². The fourth-order valence-electron chi connectivity index (χ4n) is 7.88. The first-order valence-electron chi connectivity index (χ1n) is 12.5. The number of benzene rings is 1. The van der Waals surface area contributed by atoms with E-state index in [-0.39, 0.29) is 46.3 Å². The van der Waals surface area contributed by atoms with Crippen LogP contribution < -0.4 is 4.74 Å². The Kier molecular flexibility index (Phi) is 5.57. The number of hydrogen-bond donors (Lipinski definition) is 0. The van der Waals surface area contributed by atoms with Crippen molar-refractivity contribution >= 4 is 17.5 Å². The van der Waals surface area contributed by atoms with Crippen LogP contribution in [0, 0.1) is 34.5 Å². The van der Waals surface area contributed by atoms with Crippen molar-refractivity contribution in [2.24, 2.45) is 34.5 Å². The first-order chi connectivity index (χ1) is 16.2. The summed E-state index contributed by atoms with van der Waals surface area (Å²) in [6.45, 7) is 6.16. The average Bonchev–Trinajstić information content (AvgIpc) is 3.16. The third-order valence-corrected chi connectivity index (χ3v) is 9.51. The van der Waals surface area contributed by atoms with E-state index in [0.29, 0.717) is 30.1 Å². The molecule has 0 bridgehead atoms. The normalized spacial score (nSPS) is 38.3. The summed E-state index contributed by atoms with van der Waals surface area (Å²) in [6.07, 6.45) is 9.63. The fourth-order valence-corrected chi connectivity index (χ4v) is 7.88. The van der Waals surface area contributed by atoms with Gasteiger partial charge in [0.05, 0.1) is 7.11 Å². The summed E-state index contributed by atoms with van der Waals surface area (Å²) in [7, 11) is 1.55. The Hall–Kier alpha value is -2.69. The summed E-state index contributed by atoms with van der Waals surface area (Å²) in [5.41, 5.74) is 1.00. The molecular weight excluding hydrogens is 428 g/mol. The molecule has 0 unspecified atom stereocenters. The zero-order chi connectivity index (χ0) is 24.3. The maximum absolute atomic E-state index is 13.4. The highest BCUT2D eigenvalue weighted by Gasteiger charge is 2.63. The number of Topliss-reactive ketones (excluding diaryl/α,β-unsaturated/α-hetero) is 1. The van der Waals surface area contributed by atoms with Crippen LogP contribution in [0.25, 0.3) is 0 Å². The lowest BCUT2D eigenvalue weighted by Gasteiger charge is -2.58. The van der Waals surface area contributed by atoms with E-state index in [1.54, 1.807) is 38.3 Å². The highest BCUT2D eigenvalue weighted by Crippen LogP contribution is 2.65. The van der Waals surface area contributed by atoms with Gasteiger partial charge in [-0.3, -0.25) is 9.59 Å². The molecule has 34 heavy (non-hydrogen) atoms. The predicted octanol–water partition coefficient (Wildman–Crippen LogP) is 5.34. The number of carbonyl (C=O) groups excluding carboxylic acids is 3. The Morgan fingerprint density at radius 2 is 1.88 bits per heavy atom. The molecule has 4 aliphatic carbocycles. The average molecular weight is 463 g/mol. The molecule has 180 valence electrons. The maximum atomic E-state index is 13.4. The molecule has 0 amide bonds. The lowest BCUT2D eigenvalue weighted by molar-refractivity contribution is -0.135. The molecule has 2 saturated carbocycles. The zero-order valence-corrected chi connectivity index (χ0v) is 20.5. The third kappa shape index (κ3) is 3.38. The summed E-state index contributed by atoms with van der Waals surface area (Å²) in [6, 6.07) is 7.13. The lowest BCUT2D eigenvalue weighted by Crippen LogP contribution is -2.56. The van der Waals surface area contributed by atoms with E-state index >= 15 is 0 Å². The van der Waals surface area contributed by atoms with Gasteiger partial charge < -0.3 is 9.47 Å². The topological polar surface area (TPSA) is 69.7 Å². The van der Waals surface area contributed by atoms with Crippen molar-refractivity contribution in [3.8, 4) is 5.75 Å². The number of methoxy groups -OCH3 is 1. The molecule has 0 aliphatic heterocycles. The summed E-state index contributed by atoms with van der Waals surface area (Å²) >= 11 is 0. The molecule has 7 atom stereocenters. The second-order valence-corrected chi connectivity index (χ2v) is 11.1. The number of allylic oxidation sites excluding steroid dienone is 4. The molecule has 4 aliphatic rings. The minimum atomic E-state index is -0.392. The summed E-state index contributed by atoms with van der Waals surface area (Å²) in [4.78, 5) is 38.3. The third-order valence-electron chi connectivity index (χ3n) is 9.51. The minimum absolute atomic E-state index is 0.0167. The molecule has 0 saturated heterocycles. The minimum Gasteiger partial charge on any atom is -0.496 e. The van der Waals surface area contributed by atoms with Crippen LogP contribution in [-0.2, 0) is 14.3 Å². The quantitative estimate of drug-likeness (QED) is 0.565. The number of rotatable bonds is 4. The number of esters is 1. The van der Waals surface area contributed by atoms with Crippen molar-refractivity contribution in [3.63, 3.8) is 0 Å². The second kappa shape index (κ2) is 8.21. The number of hydrogen-bond acceptors (Lipinski definition) is 5. The van der Waals surface area contributed by atoms with Crippen molar-refractivity contribution < 1.29 is 23.9 Å². The van der Waals surface area contributed by atoms with Crippen molar-refractivity contribution in [2.75, 3.05) is 7.11 Å². The van der Waals surface area contributed by atoms with Gasteiger partial charge in [0.15, 0.2) is 5.78 Å². The molecule has 2 fully saturated rings. The van der Waals surface area contributed by atoms with Gasteiger partial charge in [0.25, 0.3) is 0 Å². The van der Waals surface area contributed by atoms with E-state index in [2.05, 4.69) is 26.0 Å². The van der Waals surface area contributed by atoms with Crippen molar-refractivity contribution in [1.82, 2.24) is 0 Å². The maximum Gasteiger partial charge on any atom is 0.342 e. The van der Waals surface area contributed by atoms with Crippen molar-refractivity contribution in [3.05, 3.63) is 53.6 Å². The van der Waals surface area contributed by atoms with E-state index in [0.717, 1.165) is 24.8 Å². The summed E-state index contributed by atoms with van der Waals surface area (Å²) < 4.78 is 11.8. The fraction of sp³-hybridized carbons (Fsp3) is 0.552. The van der Waals surface area contributed by atoms with Gasteiger partial charge in [0.1, 0.15) is 23.2 Å². The Bertz CT molecular complexity index is 1100. The van der Waals surface area contributed by atoms with Crippen LogP contribution in [-0.4, -0.2) is 30.7 Å². The van der Waals surface area contributed by atoms with Crippen LogP contribution >= 0.6 is 0 Å². The predicted molar refractivity (Wildman–Crippen MR) is 128 cm³/mol. The second-order valence-electron chi connectivity index (χ2n) is 11.1. The Morgan fingerprint density at radius 1 is 1.12 bits per heavy atom. The summed E-state index contributed by atoms with van der Waals surface area (Å²) in [5.74, 6) is 1.11. The molecule has 0 aromatic heterocycles. The van der Waals surface area contributed by atoms with Crippen LogP contribution in [0.4, 0.5) is 0 Å². The monoisotopic (exact) mass is 462 g/mol. The Balaban J connectivity index is 1.58. The van der Waals surface area contributed by atoms with Gasteiger partial charge in [-0.2, -0.15) is 0 Å². The zero-order valence-electron chi connectivity index (χ0n) is 20.5. The molecule has 1 aromatic rings. The van der Waals surface area contributed by atoms with Gasteiger partial charge in [-0.15, -0.1) is 0 Å². The van der Waals surface area contributed by atoms with Crippen LogP contribution in [0.3, 0.4) is 0 Å². The molecule has 5 heteroatoms. The van der Waals surface area contributed by atoms with Gasteiger partial charge in [-0.25, -0.2) is 4.79 Å². The van der Waals surface area contributed by atoms with Gasteiger partial charge in [0.2, 0.25) is 0 Å². The van der Waals surface area contributed by atoms with E-state index in [4.69, 9.17) is 9.47 Å². The van der Waals surface area contributed by atoms with Crippen LogP contribution in [0.5, 0.6) is 5.75 Å². The molecule has 0 heterocycles. The van der Waals surface area contributed by atoms with Gasteiger partial charge in [-0.1, -0.05) is 38.1 Å². The van der Waals surface area contributed by atoms with E-state index in [1.807, 2.05) is 6.07 Å². The molecule has 0 spiro atoms. The highest BCUT2D eigenvalue weighted by molar-refractivity contribution is 5.93. The molecule has 0 radical (unpaired) electrons. The van der Waals surface area contributed by atoms with Gasteiger partial charge in [-0.05, 0) is 79.1 Å². The lowest BCUT2D eigenvalue weighted by atomic mass is 9.47. The summed E-state index contributed by atoms with van der Waals surface area (Å²) in [5, 5.41) is 0. The highest BCUT2D eigenvalue weighted by atomic mass is 16.5. The Labute approximate surface area is 201 Å². The van der Waals surface area contributed by atoms with Crippen LogP contribution in [0.2, 0.25) is 0 Å². The van der Waals surface area contributed by atoms with Crippen LogP contribution in [0.1, 0.15) is 63.2 Å². The number of carbonyl (C=O) groups is 3. The smallest absolute Gasteiger partial charge is 0.342 e. The molecule has 5 nitrogen and oxygen atoms in total. The van der Waals surface area contributed by atoms with Crippen molar-refractivity contribution in [2.45, 2.75) is 59.0 Å². The van der Waals surface area contributed by atoms with Gasteiger partial charge in [0, 0.05) is 18.3 Å². The van der Waals surface area contributed by atoms with E-state index in [1.165, 1.54) is 0 Å². The molecule has 1 aromatic carbocycles. The number of ketones is 2. The van der Waals surface area contributed by atoms with Gasteiger partial charge >= 0.3 is 5.97 Å². The number of ether oxygens (including phenoxy) is 2. The van der Waals surface area contributed by atoms with Crippen LogP contribution in [0.15, 0.2) is 48.1 Å². The van der Waals surface area contributed by atoms with Crippen molar-refractivity contribution in [1.29, 1.82) is 0 Å². The largest absolute Gasteiger partial charge is 0.496 e.